The first-order valence-corrected chi connectivity index (χ1v) is 11.9. The lowest BCUT2D eigenvalue weighted by atomic mass is 10.1. The fraction of sp³-hybridized carbons (Fsp3) is 0.462. The van der Waals surface area contributed by atoms with Gasteiger partial charge in [0.1, 0.15) is 5.75 Å². The molecule has 1 fully saturated rings. The van der Waals surface area contributed by atoms with Gasteiger partial charge in [0.15, 0.2) is 5.96 Å². The summed E-state index contributed by atoms with van der Waals surface area (Å²) in [5, 5.41) is 6.80. The van der Waals surface area contributed by atoms with Crippen LogP contribution in [0, 0.1) is 12.8 Å². The molecule has 0 bridgehead atoms. The third kappa shape index (κ3) is 6.48. The molecule has 1 aliphatic heterocycles. The standard InChI is InChI=1S/C26H35N5O2/c1-3-27-26(28-12-6-13-31-19-30-23-7-4-5-8-24(23)31)29-16-22-10-9-20(2)15-25(22)33-18-21-11-14-32-17-21/h4-5,7-10,15,19,21H,3,6,11-14,16-18H2,1-2H3,(H2,27,28,29). The summed E-state index contributed by atoms with van der Waals surface area (Å²) in [4.78, 5) is 9.28. The smallest absolute Gasteiger partial charge is 0.191 e. The number of nitrogens with one attached hydrogen (secondary N) is 2. The van der Waals surface area contributed by atoms with Crippen LogP contribution in [0.1, 0.15) is 30.9 Å². The first-order chi connectivity index (χ1) is 16.2. The van der Waals surface area contributed by atoms with E-state index in [1.165, 1.54) is 11.1 Å². The van der Waals surface area contributed by atoms with Crippen LogP contribution in [0.5, 0.6) is 5.75 Å². The number of nitrogens with zero attached hydrogens (tertiary/aromatic N) is 3. The third-order valence-electron chi connectivity index (χ3n) is 5.87. The van der Waals surface area contributed by atoms with Crippen LogP contribution in [-0.4, -0.2) is 48.4 Å². The molecule has 3 aromatic rings. The Morgan fingerprint density at radius 2 is 2.15 bits per heavy atom. The second kappa shape index (κ2) is 11.7. The SMILES string of the molecule is CCNC(=NCc1ccc(C)cc1OCC1CCOC1)NCCCn1cnc2ccccc21. The summed E-state index contributed by atoms with van der Waals surface area (Å²) in [6.07, 6.45) is 3.97. The summed E-state index contributed by atoms with van der Waals surface area (Å²) in [5.41, 5.74) is 4.50. The second-order valence-corrected chi connectivity index (χ2v) is 8.55. The van der Waals surface area contributed by atoms with Crippen molar-refractivity contribution in [2.24, 2.45) is 10.9 Å². The summed E-state index contributed by atoms with van der Waals surface area (Å²) < 4.78 is 13.8. The Morgan fingerprint density at radius 3 is 3.00 bits per heavy atom. The highest BCUT2D eigenvalue weighted by atomic mass is 16.5. The van der Waals surface area contributed by atoms with Gasteiger partial charge in [-0.1, -0.05) is 24.3 Å². The Morgan fingerprint density at radius 1 is 1.24 bits per heavy atom. The Kier molecular flexibility index (Phi) is 8.19. The number of aryl methyl sites for hydroxylation is 2. The van der Waals surface area contributed by atoms with E-state index in [9.17, 15) is 0 Å². The second-order valence-electron chi connectivity index (χ2n) is 8.55. The van der Waals surface area contributed by atoms with Crippen LogP contribution in [0.4, 0.5) is 0 Å². The fourth-order valence-electron chi connectivity index (χ4n) is 4.00. The number of imidazole rings is 1. The average molecular weight is 450 g/mol. The van der Waals surface area contributed by atoms with Crippen molar-refractivity contribution in [3.63, 3.8) is 0 Å². The Bertz CT molecular complexity index is 1060. The average Bonchev–Trinajstić information content (AvgIpc) is 3.50. The van der Waals surface area contributed by atoms with Gasteiger partial charge in [0.25, 0.3) is 0 Å². The van der Waals surface area contributed by atoms with E-state index in [4.69, 9.17) is 14.5 Å². The van der Waals surface area contributed by atoms with Crippen molar-refractivity contribution in [1.82, 2.24) is 20.2 Å². The number of hydrogen-bond acceptors (Lipinski definition) is 4. The van der Waals surface area contributed by atoms with Gasteiger partial charge in [-0.3, -0.25) is 0 Å². The van der Waals surface area contributed by atoms with Crippen LogP contribution in [0.3, 0.4) is 0 Å². The van der Waals surface area contributed by atoms with E-state index in [2.05, 4.69) is 64.4 Å². The van der Waals surface area contributed by atoms with Crippen LogP contribution in [-0.2, 0) is 17.8 Å². The first kappa shape index (κ1) is 23.1. The van der Waals surface area contributed by atoms with E-state index < -0.39 is 0 Å². The van der Waals surface area contributed by atoms with Gasteiger partial charge in [0.2, 0.25) is 0 Å². The largest absolute Gasteiger partial charge is 0.493 e. The lowest BCUT2D eigenvalue weighted by molar-refractivity contribution is 0.166. The number of hydrogen-bond donors (Lipinski definition) is 2. The molecule has 1 unspecified atom stereocenters. The molecule has 1 aromatic heterocycles. The van der Waals surface area contributed by atoms with Crippen molar-refractivity contribution in [3.8, 4) is 5.75 Å². The zero-order valence-electron chi connectivity index (χ0n) is 19.7. The lowest BCUT2D eigenvalue weighted by Crippen LogP contribution is -2.38. The molecule has 1 atom stereocenters. The van der Waals surface area contributed by atoms with Crippen molar-refractivity contribution in [2.45, 2.75) is 39.8 Å². The van der Waals surface area contributed by atoms with E-state index in [0.717, 1.165) is 68.5 Å². The highest BCUT2D eigenvalue weighted by Crippen LogP contribution is 2.23. The van der Waals surface area contributed by atoms with Crippen LogP contribution < -0.4 is 15.4 Å². The van der Waals surface area contributed by atoms with Crippen molar-refractivity contribution in [3.05, 3.63) is 59.9 Å². The molecule has 1 aliphatic rings. The van der Waals surface area contributed by atoms with Crippen LogP contribution >= 0.6 is 0 Å². The Balaban J connectivity index is 1.31. The molecule has 7 nitrogen and oxygen atoms in total. The number of para-hydroxylation sites is 2. The number of ether oxygens (including phenoxy) is 2. The molecule has 0 aliphatic carbocycles. The molecule has 0 radical (unpaired) electrons. The highest BCUT2D eigenvalue weighted by Gasteiger charge is 2.17. The van der Waals surface area contributed by atoms with Gasteiger partial charge in [0.05, 0.1) is 37.1 Å². The maximum Gasteiger partial charge on any atom is 0.191 e. The highest BCUT2D eigenvalue weighted by molar-refractivity contribution is 5.79. The van der Waals surface area contributed by atoms with Gasteiger partial charge < -0.3 is 24.7 Å². The molecule has 176 valence electrons. The number of guanidine groups is 1. The van der Waals surface area contributed by atoms with Gasteiger partial charge >= 0.3 is 0 Å². The molecule has 2 N–H and O–H groups in total. The predicted molar refractivity (Wildman–Crippen MR) is 133 cm³/mol. The van der Waals surface area contributed by atoms with Gasteiger partial charge in [-0.15, -0.1) is 0 Å². The van der Waals surface area contributed by atoms with E-state index in [1.54, 1.807) is 0 Å². The molecule has 33 heavy (non-hydrogen) atoms. The van der Waals surface area contributed by atoms with Crippen LogP contribution in [0.15, 0.2) is 53.8 Å². The predicted octanol–water partition coefficient (Wildman–Crippen LogP) is 3.91. The van der Waals surface area contributed by atoms with E-state index in [1.807, 2.05) is 18.5 Å². The van der Waals surface area contributed by atoms with Crippen molar-refractivity contribution in [1.29, 1.82) is 0 Å². The summed E-state index contributed by atoms with van der Waals surface area (Å²) >= 11 is 0. The number of aliphatic imine (C=N–C) groups is 1. The van der Waals surface area contributed by atoms with E-state index in [-0.39, 0.29) is 0 Å². The molecular weight excluding hydrogens is 414 g/mol. The van der Waals surface area contributed by atoms with Crippen molar-refractivity contribution < 1.29 is 9.47 Å². The minimum atomic E-state index is 0.480. The number of fused-ring (bicyclic) bond motifs is 1. The lowest BCUT2D eigenvalue weighted by Gasteiger charge is -2.15. The number of aromatic nitrogens is 2. The summed E-state index contributed by atoms with van der Waals surface area (Å²) in [5.74, 6) is 2.23. The molecule has 0 amide bonds. The maximum absolute atomic E-state index is 6.17. The fourth-order valence-corrected chi connectivity index (χ4v) is 4.00. The normalized spacial score (nSPS) is 16.3. The minimum Gasteiger partial charge on any atom is -0.493 e. The Labute approximate surface area is 196 Å². The maximum atomic E-state index is 6.17. The van der Waals surface area contributed by atoms with Gasteiger partial charge in [-0.05, 0) is 50.5 Å². The van der Waals surface area contributed by atoms with Crippen molar-refractivity contribution >= 4 is 17.0 Å². The zero-order valence-corrected chi connectivity index (χ0v) is 19.7. The molecular formula is C26H35N5O2. The monoisotopic (exact) mass is 449 g/mol. The Hall–Kier alpha value is -3.06. The topological polar surface area (TPSA) is 72.7 Å². The van der Waals surface area contributed by atoms with Gasteiger partial charge in [0, 0.05) is 37.7 Å². The molecule has 4 rings (SSSR count). The molecule has 0 saturated carbocycles. The molecule has 2 aromatic carbocycles. The van der Waals surface area contributed by atoms with Gasteiger partial charge in [-0.2, -0.15) is 0 Å². The summed E-state index contributed by atoms with van der Waals surface area (Å²) in [6, 6.07) is 14.6. The summed E-state index contributed by atoms with van der Waals surface area (Å²) in [7, 11) is 0. The van der Waals surface area contributed by atoms with E-state index in [0.29, 0.717) is 19.1 Å². The molecule has 1 saturated heterocycles. The molecule has 0 spiro atoms. The quantitative estimate of drug-likeness (QED) is 0.279. The third-order valence-corrected chi connectivity index (χ3v) is 5.87. The minimum absolute atomic E-state index is 0.480. The number of benzene rings is 2. The summed E-state index contributed by atoms with van der Waals surface area (Å²) in [6.45, 7) is 9.63. The van der Waals surface area contributed by atoms with E-state index >= 15 is 0 Å². The first-order valence-electron chi connectivity index (χ1n) is 11.9. The van der Waals surface area contributed by atoms with Gasteiger partial charge in [-0.25, -0.2) is 9.98 Å². The zero-order chi connectivity index (χ0) is 22.9. The number of rotatable bonds is 10. The van der Waals surface area contributed by atoms with Crippen molar-refractivity contribution in [2.75, 3.05) is 32.9 Å². The van der Waals surface area contributed by atoms with Crippen LogP contribution in [0.2, 0.25) is 0 Å². The molecule has 7 heteroatoms. The van der Waals surface area contributed by atoms with Crippen LogP contribution in [0.25, 0.3) is 11.0 Å². The molecule has 2 heterocycles.